The average molecular weight is 1540 g/mol. The minimum absolute atomic E-state index is 1.08. The highest BCUT2D eigenvalue weighted by atomic mass is 31.1. The number of fused-ring (bicyclic) bond motifs is 4. The van der Waals surface area contributed by atoms with E-state index >= 15 is 0 Å². The summed E-state index contributed by atoms with van der Waals surface area (Å²) in [7, 11) is -4.36. The molecule has 0 nitrogen and oxygen atoms in total. The Bertz CT molecular complexity index is 5940. The summed E-state index contributed by atoms with van der Waals surface area (Å²) in [4.78, 5) is 0. The fraction of sp³-hybridized carbons (Fsp3) is 0.145. The average Bonchev–Trinajstić information content (AvgIpc) is 0.730. The highest BCUT2D eigenvalue weighted by Crippen LogP contribution is 2.50. The molecule has 0 aromatic heterocycles. The minimum Gasteiger partial charge on any atom is -0.0616 e. The molecule has 0 aliphatic heterocycles. The molecule has 0 amide bonds. The number of rotatable bonds is 16. The van der Waals surface area contributed by atoms with E-state index in [2.05, 4.69) is 414 Å². The third kappa shape index (κ3) is 15.2. The van der Waals surface area contributed by atoms with Crippen LogP contribution >= 0.6 is 31.7 Å². The standard InChI is InChI=1S/C110H98P4/c1-67-41-68(2)50-91(49-67)111(92-51-69(3)42-70(4)52-92)103-37-31-85-21-17-19-23-99(85)107(103)109-101-35-29-87(65-89(101)33-39-105(109)113(95-57-75(9)45-76(10)58-95)96-59-77(11)46-78(12)60-96)83-25-27-84(28-26-83)88-30-36-102-90(66-88)34-40-106(114(97-61-79(13)47-80(14)62-97)98-63-81(15)48-82(16)64-98)110(102)108-100-24-20-18-22-86(100)32-38-104(108)112(93-53-71(5)43-72(6)54-93)94-55-73(7)44-74(8)56-94/h17-66H,1-16H3. The molecule has 4 heteroatoms. The molecule has 558 valence electrons. The molecule has 0 aliphatic rings. The first-order valence-electron chi connectivity index (χ1n) is 40.1. The molecule has 0 saturated carbocycles. The summed E-state index contributed by atoms with van der Waals surface area (Å²) in [5.74, 6) is 0. The molecule has 17 rings (SSSR count). The molecule has 0 N–H and O–H groups in total. The van der Waals surface area contributed by atoms with Gasteiger partial charge in [0.15, 0.2) is 0 Å². The van der Waals surface area contributed by atoms with Gasteiger partial charge in [0.05, 0.1) is 0 Å². The van der Waals surface area contributed by atoms with Crippen LogP contribution < -0.4 is 63.7 Å². The Balaban J connectivity index is 0.864. The predicted molar refractivity (Wildman–Crippen MR) is 509 cm³/mol. The summed E-state index contributed by atoms with van der Waals surface area (Å²) in [5, 5.41) is 26.5. The second-order valence-electron chi connectivity index (χ2n) is 32.8. The molecule has 0 fully saturated rings. The zero-order valence-corrected chi connectivity index (χ0v) is 72.2. The molecule has 0 unspecified atom stereocenters. The van der Waals surface area contributed by atoms with Crippen LogP contribution in [-0.2, 0) is 0 Å². The van der Waals surface area contributed by atoms with E-state index in [1.54, 1.807) is 0 Å². The molecule has 17 aromatic carbocycles. The van der Waals surface area contributed by atoms with Gasteiger partial charge in [-0.25, -0.2) is 0 Å². The Kier molecular flexibility index (Phi) is 20.9. The Morgan fingerprint density at radius 3 is 0.526 bits per heavy atom. The summed E-state index contributed by atoms with van der Waals surface area (Å²) in [6, 6.07) is 121. The van der Waals surface area contributed by atoms with Crippen molar-refractivity contribution in [2.24, 2.45) is 0 Å². The van der Waals surface area contributed by atoms with Crippen LogP contribution in [0.5, 0.6) is 0 Å². The van der Waals surface area contributed by atoms with E-state index in [9.17, 15) is 0 Å². The lowest BCUT2D eigenvalue weighted by Crippen LogP contribution is -2.27. The lowest BCUT2D eigenvalue weighted by molar-refractivity contribution is 1.40. The first-order chi connectivity index (χ1) is 55.0. The molecule has 114 heavy (non-hydrogen) atoms. The van der Waals surface area contributed by atoms with Crippen molar-refractivity contribution in [3.05, 3.63) is 392 Å². The molecule has 0 heterocycles. The van der Waals surface area contributed by atoms with Gasteiger partial charge in [-0.1, -0.05) is 380 Å². The molecule has 0 radical (unpaired) electrons. The van der Waals surface area contributed by atoms with Crippen LogP contribution in [0.25, 0.3) is 87.6 Å². The molecule has 0 spiro atoms. The second-order valence-corrected chi connectivity index (χ2v) is 41.6. The predicted octanol–water partition coefficient (Wildman–Crippen LogP) is 24.9. The lowest BCUT2D eigenvalue weighted by Gasteiger charge is -2.29. The lowest BCUT2D eigenvalue weighted by atomic mass is 9.91. The van der Waals surface area contributed by atoms with Gasteiger partial charge in [0, 0.05) is 0 Å². The van der Waals surface area contributed by atoms with E-state index in [0.717, 1.165) is 0 Å². The zero-order chi connectivity index (χ0) is 79.1. The summed E-state index contributed by atoms with van der Waals surface area (Å²) < 4.78 is 0. The summed E-state index contributed by atoms with van der Waals surface area (Å²) in [6.07, 6.45) is 0. The molecular formula is C110H98P4. The summed E-state index contributed by atoms with van der Waals surface area (Å²) in [6.45, 7) is 36.3. The van der Waals surface area contributed by atoms with Crippen molar-refractivity contribution in [1.29, 1.82) is 0 Å². The van der Waals surface area contributed by atoms with Gasteiger partial charge in [-0.2, -0.15) is 0 Å². The van der Waals surface area contributed by atoms with Gasteiger partial charge in [-0.15, -0.1) is 0 Å². The third-order valence-electron chi connectivity index (χ3n) is 22.5. The second kappa shape index (κ2) is 31.4. The van der Waals surface area contributed by atoms with Crippen LogP contribution in [-0.4, -0.2) is 0 Å². The first-order valence-corrected chi connectivity index (χ1v) is 45.5. The van der Waals surface area contributed by atoms with Crippen molar-refractivity contribution in [2.45, 2.75) is 111 Å². The van der Waals surface area contributed by atoms with Gasteiger partial charge in [0.2, 0.25) is 0 Å². The molecular weight excluding hydrogens is 1450 g/mol. The maximum absolute atomic E-state index is 2.53. The number of hydrogen-bond donors (Lipinski definition) is 0. The Hall–Kier alpha value is -10.5. The topological polar surface area (TPSA) is 0 Å². The van der Waals surface area contributed by atoms with E-state index in [4.69, 9.17) is 0 Å². The molecule has 0 bridgehead atoms. The number of benzene rings is 17. The van der Waals surface area contributed by atoms with Gasteiger partial charge in [0.1, 0.15) is 0 Å². The van der Waals surface area contributed by atoms with Crippen molar-refractivity contribution < 1.29 is 0 Å². The molecule has 0 atom stereocenters. The molecule has 17 aromatic rings. The van der Waals surface area contributed by atoms with E-state index in [-0.39, 0.29) is 0 Å². The van der Waals surface area contributed by atoms with Crippen LogP contribution in [0.2, 0.25) is 0 Å². The highest BCUT2D eigenvalue weighted by Gasteiger charge is 2.33. The van der Waals surface area contributed by atoms with Crippen LogP contribution in [0.1, 0.15) is 89.0 Å². The van der Waals surface area contributed by atoms with Gasteiger partial charge >= 0.3 is 0 Å². The SMILES string of the molecule is Cc1cc(C)cc(P(c2cc(C)cc(C)c2)c2ccc3ccccc3c2-c2c(P(c3cc(C)cc(C)c3)c3cc(C)cc(C)c3)ccc3cc(-c4ccc(-c5ccc6c(-c7c(P(c8cc(C)cc(C)c8)c8cc(C)cc(C)c8)ccc8ccccc78)c(P(c7cc(C)cc(C)c7)c7cc(C)cc(C)c7)ccc6c5)cc4)ccc23)c1. The summed E-state index contributed by atoms with van der Waals surface area (Å²) >= 11 is 0. The van der Waals surface area contributed by atoms with E-state index in [0.29, 0.717) is 0 Å². The van der Waals surface area contributed by atoms with E-state index in [1.807, 2.05) is 0 Å². The van der Waals surface area contributed by atoms with E-state index in [1.165, 1.54) is 240 Å². The van der Waals surface area contributed by atoms with Crippen molar-refractivity contribution in [1.82, 2.24) is 0 Å². The Morgan fingerprint density at radius 2 is 0.316 bits per heavy atom. The smallest absolute Gasteiger partial charge is 0.000883 e. The van der Waals surface area contributed by atoms with Gasteiger partial charge in [0.25, 0.3) is 0 Å². The Morgan fingerprint density at radius 1 is 0.140 bits per heavy atom. The first kappa shape index (κ1) is 76.1. The van der Waals surface area contributed by atoms with Crippen molar-refractivity contribution in [3.8, 4) is 44.5 Å². The highest BCUT2D eigenvalue weighted by molar-refractivity contribution is 7.81. The van der Waals surface area contributed by atoms with Crippen LogP contribution in [0.4, 0.5) is 0 Å². The number of hydrogen-bond acceptors (Lipinski definition) is 0. The molecule has 0 saturated heterocycles. The van der Waals surface area contributed by atoms with Gasteiger partial charge in [-0.3, -0.25) is 0 Å². The van der Waals surface area contributed by atoms with Crippen LogP contribution in [0.15, 0.2) is 303 Å². The van der Waals surface area contributed by atoms with E-state index < -0.39 is 31.7 Å². The largest absolute Gasteiger partial charge is 0.0616 e. The monoisotopic (exact) mass is 1540 g/mol. The fourth-order valence-electron chi connectivity index (χ4n) is 18.5. The normalized spacial score (nSPS) is 11.8. The third-order valence-corrected chi connectivity index (χ3v) is 32.2. The van der Waals surface area contributed by atoms with Crippen molar-refractivity contribution >= 4 is 138 Å². The maximum Gasteiger partial charge on any atom is -0.000883 e. The van der Waals surface area contributed by atoms with Gasteiger partial charge in [-0.05, 0) is 306 Å². The minimum atomic E-state index is -1.10. The fourth-order valence-corrected chi connectivity index (χ4v) is 30.0. The maximum atomic E-state index is 2.53. The Labute approximate surface area is 681 Å². The van der Waals surface area contributed by atoms with Crippen molar-refractivity contribution in [2.75, 3.05) is 0 Å². The van der Waals surface area contributed by atoms with Crippen LogP contribution in [0, 0.1) is 111 Å². The number of aryl methyl sites for hydroxylation is 16. The quantitative estimate of drug-likeness (QED) is 0.0846. The van der Waals surface area contributed by atoms with Crippen LogP contribution in [0.3, 0.4) is 0 Å². The van der Waals surface area contributed by atoms with Gasteiger partial charge < -0.3 is 0 Å². The molecule has 0 aliphatic carbocycles. The zero-order valence-electron chi connectivity index (χ0n) is 68.7. The summed E-state index contributed by atoms with van der Waals surface area (Å²) in [5.41, 5.74) is 30.6. The van der Waals surface area contributed by atoms with Crippen molar-refractivity contribution in [3.63, 3.8) is 0 Å².